The van der Waals surface area contributed by atoms with Crippen LogP contribution in [-0.4, -0.2) is 20.1 Å². The van der Waals surface area contributed by atoms with Gasteiger partial charge < -0.3 is 14.8 Å². The van der Waals surface area contributed by atoms with E-state index in [1.807, 2.05) is 0 Å². The lowest BCUT2D eigenvalue weighted by Crippen LogP contribution is -2.23. The largest absolute Gasteiger partial charge is 0.493 e. The lowest BCUT2D eigenvalue weighted by Gasteiger charge is -2.11. The van der Waals surface area contributed by atoms with Gasteiger partial charge in [-0.05, 0) is 35.9 Å². The Balaban J connectivity index is 2.09. The maximum atomic E-state index is 13.2. The van der Waals surface area contributed by atoms with E-state index in [1.54, 1.807) is 25.3 Å². The van der Waals surface area contributed by atoms with Crippen LogP contribution >= 0.6 is 11.6 Å². The van der Waals surface area contributed by atoms with Crippen molar-refractivity contribution in [2.45, 2.75) is 6.54 Å². The number of hydrogen-bond acceptors (Lipinski definition) is 3. The molecular formula is C16H15ClFNO3. The van der Waals surface area contributed by atoms with Crippen LogP contribution in [0, 0.1) is 5.82 Å². The Hall–Kier alpha value is -2.27. The number of benzene rings is 2. The van der Waals surface area contributed by atoms with Crippen molar-refractivity contribution in [2.75, 3.05) is 14.2 Å². The summed E-state index contributed by atoms with van der Waals surface area (Å²) in [5.74, 6) is 0.212. The molecule has 0 unspecified atom stereocenters. The maximum Gasteiger partial charge on any atom is 0.253 e. The van der Waals surface area contributed by atoms with E-state index in [0.717, 1.165) is 11.6 Å². The van der Waals surface area contributed by atoms with Crippen molar-refractivity contribution < 1.29 is 18.7 Å². The van der Waals surface area contributed by atoms with Crippen LogP contribution in [-0.2, 0) is 6.54 Å². The third kappa shape index (κ3) is 3.68. The van der Waals surface area contributed by atoms with Crippen molar-refractivity contribution in [1.82, 2.24) is 5.32 Å². The smallest absolute Gasteiger partial charge is 0.253 e. The van der Waals surface area contributed by atoms with Gasteiger partial charge >= 0.3 is 0 Å². The first-order valence-electron chi connectivity index (χ1n) is 6.49. The van der Waals surface area contributed by atoms with E-state index in [9.17, 15) is 9.18 Å². The molecule has 0 aliphatic heterocycles. The molecule has 0 fully saturated rings. The number of carbonyl (C=O) groups excluding carboxylic acids is 1. The van der Waals surface area contributed by atoms with Crippen LogP contribution in [0.1, 0.15) is 15.9 Å². The Kier molecular flexibility index (Phi) is 5.22. The second-order valence-corrected chi connectivity index (χ2v) is 4.90. The number of halogens is 2. The summed E-state index contributed by atoms with van der Waals surface area (Å²) >= 11 is 5.90. The molecular weight excluding hydrogens is 309 g/mol. The number of ether oxygens (including phenoxy) is 2. The average Bonchev–Trinajstić information content (AvgIpc) is 2.54. The minimum Gasteiger partial charge on any atom is -0.493 e. The number of rotatable bonds is 5. The fourth-order valence-corrected chi connectivity index (χ4v) is 2.14. The summed E-state index contributed by atoms with van der Waals surface area (Å²) in [6.07, 6.45) is 0. The number of carbonyl (C=O) groups is 1. The lowest BCUT2D eigenvalue weighted by atomic mass is 10.1. The van der Waals surface area contributed by atoms with E-state index < -0.39 is 11.7 Å². The van der Waals surface area contributed by atoms with Gasteiger partial charge in [0.25, 0.3) is 5.91 Å². The van der Waals surface area contributed by atoms with Crippen LogP contribution in [0.15, 0.2) is 36.4 Å². The lowest BCUT2D eigenvalue weighted by molar-refractivity contribution is 0.0950. The van der Waals surface area contributed by atoms with Crippen molar-refractivity contribution in [3.05, 3.63) is 58.4 Å². The monoisotopic (exact) mass is 323 g/mol. The quantitative estimate of drug-likeness (QED) is 0.917. The van der Waals surface area contributed by atoms with Gasteiger partial charge in [-0.1, -0.05) is 17.7 Å². The van der Waals surface area contributed by atoms with Gasteiger partial charge in [0.05, 0.1) is 24.8 Å². The molecule has 0 bridgehead atoms. The first-order valence-corrected chi connectivity index (χ1v) is 6.87. The minimum absolute atomic E-state index is 0.0992. The van der Waals surface area contributed by atoms with Gasteiger partial charge in [-0.15, -0.1) is 0 Å². The summed E-state index contributed by atoms with van der Waals surface area (Å²) in [6, 6.07) is 8.96. The van der Waals surface area contributed by atoms with Crippen molar-refractivity contribution >= 4 is 17.5 Å². The molecule has 0 spiro atoms. The molecule has 22 heavy (non-hydrogen) atoms. The summed E-state index contributed by atoms with van der Waals surface area (Å²) in [5, 5.41) is 2.89. The highest BCUT2D eigenvalue weighted by Gasteiger charge is 2.12. The minimum atomic E-state index is -0.513. The molecule has 1 N–H and O–H groups in total. The molecule has 2 aromatic carbocycles. The molecule has 2 rings (SSSR count). The highest BCUT2D eigenvalue weighted by molar-refractivity contribution is 6.33. The molecule has 0 aliphatic rings. The van der Waals surface area contributed by atoms with Crippen LogP contribution in [0.5, 0.6) is 11.5 Å². The molecule has 0 heterocycles. The zero-order valence-electron chi connectivity index (χ0n) is 12.2. The number of hydrogen-bond donors (Lipinski definition) is 1. The molecule has 6 heteroatoms. The molecule has 4 nitrogen and oxygen atoms in total. The van der Waals surface area contributed by atoms with E-state index in [4.69, 9.17) is 21.1 Å². The highest BCUT2D eigenvalue weighted by atomic mass is 35.5. The SMILES string of the molecule is COc1ccc(CNC(=O)c2cc(F)ccc2Cl)cc1OC. The highest BCUT2D eigenvalue weighted by Crippen LogP contribution is 2.27. The van der Waals surface area contributed by atoms with E-state index in [0.29, 0.717) is 11.5 Å². The van der Waals surface area contributed by atoms with E-state index in [-0.39, 0.29) is 17.1 Å². The Morgan fingerprint density at radius 1 is 1.14 bits per heavy atom. The first kappa shape index (κ1) is 16.1. The van der Waals surface area contributed by atoms with Gasteiger partial charge in [0.15, 0.2) is 11.5 Å². The second-order valence-electron chi connectivity index (χ2n) is 4.50. The van der Waals surface area contributed by atoms with Crippen LogP contribution < -0.4 is 14.8 Å². The summed E-state index contributed by atoms with van der Waals surface area (Å²) in [5.41, 5.74) is 0.917. The molecule has 0 saturated heterocycles. The Morgan fingerprint density at radius 3 is 2.55 bits per heavy atom. The number of methoxy groups -OCH3 is 2. The van der Waals surface area contributed by atoms with E-state index >= 15 is 0 Å². The fraction of sp³-hybridized carbons (Fsp3) is 0.188. The van der Waals surface area contributed by atoms with Gasteiger partial charge in [-0.3, -0.25) is 4.79 Å². The predicted octanol–water partition coefficient (Wildman–Crippen LogP) is 3.43. The Labute approximate surface area is 132 Å². The molecule has 0 radical (unpaired) electrons. The Morgan fingerprint density at radius 2 is 1.86 bits per heavy atom. The molecule has 1 amide bonds. The molecule has 0 atom stereocenters. The average molecular weight is 324 g/mol. The van der Waals surface area contributed by atoms with E-state index in [2.05, 4.69) is 5.32 Å². The summed E-state index contributed by atoms with van der Waals surface area (Å²) in [4.78, 5) is 12.1. The van der Waals surface area contributed by atoms with Crippen molar-refractivity contribution in [2.24, 2.45) is 0 Å². The van der Waals surface area contributed by atoms with Crippen LogP contribution in [0.4, 0.5) is 4.39 Å². The molecule has 0 aromatic heterocycles. The van der Waals surface area contributed by atoms with Crippen molar-refractivity contribution in [3.63, 3.8) is 0 Å². The van der Waals surface area contributed by atoms with Gasteiger partial charge in [0.1, 0.15) is 5.82 Å². The van der Waals surface area contributed by atoms with Crippen LogP contribution in [0.3, 0.4) is 0 Å². The predicted molar refractivity (Wildman–Crippen MR) is 82.1 cm³/mol. The second kappa shape index (κ2) is 7.13. The van der Waals surface area contributed by atoms with Crippen LogP contribution in [0.2, 0.25) is 5.02 Å². The van der Waals surface area contributed by atoms with Gasteiger partial charge in [-0.2, -0.15) is 0 Å². The van der Waals surface area contributed by atoms with E-state index in [1.165, 1.54) is 19.2 Å². The molecule has 116 valence electrons. The molecule has 0 saturated carbocycles. The topological polar surface area (TPSA) is 47.6 Å². The maximum absolute atomic E-state index is 13.2. The third-order valence-electron chi connectivity index (χ3n) is 3.07. The zero-order valence-corrected chi connectivity index (χ0v) is 12.9. The van der Waals surface area contributed by atoms with Gasteiger partial charge in [-0.25, -0.2) is 4.39 Å². The molecule has 2 aromatic rings. The van der Waals surface area contributed by atoms with Gasteiger partial charge in [0, 0.05) is 6.54 Å². The normalized spacial score (nSPS) is 10.2. The fourth-order valence-electron chi connectivity index (χ4n) is 1.94. The summed E-state index contributed by atoms with van der Waals surface area (Å²) in [7, 11) is 3.08. The summed E-state index contributed by atoms with van der Waals surface area (Å²) < 4.78 is 23.5. The molecule has 0 aliphatic carbocycles. The number of nitrogens with one attached hydrogen (secondary N) is 1. The number of amides is 1. The standard InChI is InChI=1S/C16H15ClFNO3/c1-21-14-6-3-10(7-15(14)22-2)9-19-16(20)12-8-11(18)4-5-13(12)17/h3-8H,9H2,1-2H3,(H,19,20). The van der Waals surface area contributed by atoms with Crippen molar-refractivity contribution in [3.8, 4) is 11.5 Å². The van der Waals surface area contributed by atoms with Gasteiger partial charge in [0.2, 0.25) is 0 Å². The first-order chi connectivity index (χ1) is 10.5. The van der Waals surface area contributed by atoms with Crippen LogP contribution in [0.25, 0.3) is 0 Å². The zero-order chi connectivity index (χ0) is 16.1. The summed E-state index contributed by atoms with van der Waals surface area (Å²) in [6.45, 7) is 0.256. The Bertz CT molecular complexity index is 691. The van der Waals surface area contributed by atoms with Crippen molar-refractivity contribution in [1.29, 1.82) is 0 Å². The third-order valence-corrected chi connectivity index (χ3v) is 3.40.